The minimum Gasteiger partial charge on any atom is -0.496 e. The zero-order valence-corrected chi connectivity index (χ0v) is 10.7. The average Bonchev–Trinajstić information content (AvgIpc) is 2.67. The van der Waals surface area contributed by atoms with Gasteiger partial charge in [-0.3, -0.25) is 4.90 Å². The van der Waals surface area contributed by atoms with Crippen LogP contribution >= 0.6 is 0 Å². The van der Waals surface area contributed by atoms with Crippen molar-refractivity contribution in [3.05, 3.63) is 29.3 Å². The molecule has 1 aromatic carbocycles. The third kappa shape index (κ3) is 3.22. The molecule has 0 aromatic heterocycles. The number of hydrogen-bond acceptors (Lipinski definition) is 4. The van der Waals surface area contributed by atoms with Crippen LogP contribution in [0.5, 0.6) is 5.75 Å². The summed E-state index contributed by atoms with van der Waals surface area (Å²) >= 11 is 0. The van der Waals surface area contributed by atoms with E-state index in [4.69, 9.17) is 14.7 Å². The second-order valence-corrected chi connectivity index (χ2v) is 4.38. The van der Waals surface area contributed by atoms with Gasteiger partial charge in [0, 0.05) is 31.8 Å². The zero-order chi connectivity index (χ0) is 12.8. The van der Waals surface area contributed by atoms with Crippen LogP contribution in [0.4, 0.5) is 0 Å². The maximum absolute atomic E-state index is 8.95. The summed E-state index contributed by atoms with van der Waals surface area (Å²) in [5.41, 5.74) is 1.75. The van der Waals surface area contributed by atoms with Gasteiger partial charge in [0.2, 0.25) is 0 Å². The highest BCUT2D eigenvalue weighted by molar-refractivity contribution is 5.42. The molecule has 18 heavy (non-hydrogen) atoms. The van der Waals surface area contributed by atoms with Gasteiger partial charge in [0.05, 0.1) is 25.3 Å². The minimum absolute atomic E-state index is 0.678. The van der Waals surface area contributed by atoms with Gasteiger partial charge >= 0.3 is 0 Å². The molecule has 0 spiro atoms. The maximum Gasteiger partial charge on any atom is 0.123 e. The monoisotopic (exact) mass is 246 g/mol. The van der Waals surface area contributed by atoms with Crippen LogP contribution in [-0.2, 0) is 11.3 Å². The van der Waals surface area contributed by atoms with E-state index in [0.29, 0.717) is 5.56 Å². The van der Waals surface area contributed by atoms with Gasteiger partial charge in [-0.15, -0.1) is 0 Å². The van der Waals surface area contributed by atoms with Crippen LogP contribution in [-0.4, -0.2) is 38.3 Å². The number of hydrogen-bond donors (Lipinski definition) is 0. The molecule has 1 aliphatic rings. The van der Waals surface area contributed by atoms with E-state index in [0.717, 1.165) is 50.6 Å². The SMILES string of the molecule is COc1ccc(C#N)cc1CN1CCCOCC1. The highest BCUT2D eigenvalue weighted by Crippen LogP contribution is 2.21. The van der Waals surface area contributed by atoms with Crippen molar-refractivity contribution in [1.29, 1.82) is 5.26 Å². The summed E-state index contributed by atoms with van der Waals surface area (Å²) in [5, 5.41) is 8.95. The Hall–Kier alpha value is -1.57. The number of methoxy groups -OCH3 is 1. The summed E-state index contributed by atoms with van der Waals surface area (Å²) in [7, 11) is 1.66. The normalized spacial score (nSPS) is 16.9. The van der Waals surface area contributed by atoms with E-state index in [1.165, 1.54) is 0 Å². The smallest absolute Gasteiger partial charge is 0.123 e. The van der Waals surface area contributed by atoms with Crippen molar-refractivity contribution < 1.29 is 9.47 Å². The van der Waals surface area contributed by atoms with Gasteiger partial charge in [0.15, 0.2) is 0 Å². The lowest BCUT2D eigenvalue weighted by Crippen LogP contribution is -2.26. The molecule has 1 fully saturated rings. The van der Waals surface area contributed by atoms with Crippen LogP contribution in [0, 0.1) is 11.3 Å². The number of rotatable bonds is 3. The molecule has 0 bridgehead atoms. The van der Waals surface area contributed by atoms with Crippen LogP contribution in [0.15, 0.2) is 18.2 Å². The van der Waals surface area contributed by atoms with Crippen LogP contribution in [0.1, 0.15) is 17.5 Å². The molecular weight excluding hydrogens is 228 g/mol. The number of ether oxygens (including phenoxy) is 2. The standard InChI is InChI=1S/C14H18N2O2/c1-17-14-4-3-12(10-15)9-13(14)11-16-5-2-7-18-8-6-16/h3-4,9H,2,5-8,11H2,1H3. The van der Waals surface area contributed by atoms with Crippen molar-refractivity contribution >= 4 is 0 Å². The molecule has 0 atom stereocenters. The fourth-order valence-corrected chi connectivity index (χ4v) is 2.17. The van der Waals surface area contributed by atoms with Crippen molar-refractivity contribution in [1.82, 2.24) is 4.90 Å². The topological polar surface area (TPSA) is 45.5 Å². The first-order chi connectivity index (χ1) is 8.83. The van der Waals surface area contributed by atoms with Crippen molar-refractivity contribution in [2.75, 3.05) is 33.4 Å². The van der Waals surface area contributed by atoms with Gasteiger partial charge in [-0.1, -0.05) is 0 Å². The average molecular weight is 246 g/mol. The van der Waals surface area contributed by atoms with Crippen LogP contribution in [0.25, 0.3) is 0 Å². The molecule has 0 unspecified atom stereocenters. The maximum atomic E-state index is 8.95. The molecule has 1 saturated heterocycles. The van der Waals surface area contributed by atoms with E-state index >= 15 is 0 Å². The molecule has 1 aliphatic heterocycles. The number of nitriles is 1. The third-order valence-corrected chi connectivity index (χ3v) is 3.12. The predicted molar refractivity (Wildman–Crippen MR) is 68.4 cm³/mol. The highest BCUT2D eigenvalue weighted by atomic mass is 16.5. The Labute approximate surface area is 108 Å². The molecule has 1 aromatic rings. The third-order valence-electron chi connectivity index (χ3n) is 3.12. The molecule has 2 rings (SSSR count). The second kappa shape index (κ2) is 6.39. The molecule has 1 heterocycles. The first-order valence-corrected chi connectivity index (χ1v) is 6.20. The summed E-state index contributed by atoms with van der Waals surface area (Å²) in [4.78, 5) is 2.34. The largest absolute Gasteiger partial charge is 0.496 e. The van der Waals surface area contributed by atoms with E-state index in [2.05, 4.69) is 11.0 Å². The molecule has 4 nitrogen and oxygen atoms in total. The summed E-state index contributed by atoms with van der Waals surface area (Å²) < 4.78 is 10.8. The quantitative estimate of drug-likeness (QED) is 0.815. The van der Waals surface area contributed by atoms with Crippen LogP contribution in [0.3, 0.4) is 0 Å². The first kappa shape index (κ1) is 12.9. The summed E-state index contributed by atoms with van der Waals surface area (Å²) in [6.07, 6.45) is 1.06. The lowest BCUT2D eigenvalue weighted by molar-refractivity contribution is 0.140. The Kier molecular flexibility index (Phi) is 4.57. The Balaban J connectivity index is 2.13. The molecule has 96 valence electrons. The minimum atomic E-state index is 0.678. The predicted octanol–water partition coefficient (Wildman–Crippen LogP) is 1.79. The molecule has 0 amide bonds. The van der Waals surface area contributed by atoms with Gasteiger partial charge in [-0.2, -0.15) is 5.26 Å². The molecule has 0 saturated carbocycles. The van der Waals surface area contributed by atoms with Gasteiger partial charge in [-0.05, 0) is 24.6 Å². The number of benzene rings is 1. The van der Waals surface area contributed by atoms with Gasteiger partial charge in [-0.25, -0.2) is 0 Å². The Bertz CT molecular complexity index is 432. The van der Waals surface area contributed by atoms with E-state index < -0.39 is 0 Å². The van der Waals surface area contributed by atoms with E-state index in [1.807, 2.05) is 12.1 Å². The summed E-state index contributed by atoms with van der Waals surface area (Å²) in [6, 6.07) is 7.73. The van der Waals surface area contributed by atoms with Crippen LogP contribution < -0.4 is 4.74 Å². The van der Waals surface area contributed by atoms with Crippen molar-refractivity contribution in [3.63, 3.8) is 0 Å². The van der Waals surface area contributed by atoms with Crippen molar-refractivity contribution in [2.24, 2.45) is 0 Å². The summed E-state index contributed by atoms with van der Waals surface area (Å²) in [5.74, 6) is 0.846. The number of nitrogens with zero attached hydrogens (tertiary/aromatic N) is 2. The van der Waals surface area contributed by atoms with Crippen LogP contribution in [0.2, 0.25) is 0 Å². The zero-order valence-electron chi connectivity index (χ0n) is 10.7. The molecule has 0 N–H and O–H groups in total. The van der Waals surface area contributed by atoms with E-state index in [-0.39, 0.29) is 0 Å². The fourth-order valence-electron chi connectivity index (χ4n) is 2.17. The molecule has 4 heteroatoms. The summed E-state index contributed by atoms with van der Waals surface area (Å²) in [6.45, 7) is 4.38. The Morgan fingerprint density at radius 1 is 1.39 bits per heavy atom. The van der Waals surface area contributed by atoms with E-state index in [9.17, 15) is 0 Å². The fraction of sp³-hybridized carbons (Fsp3) is 0.500. The lowest BCUT2D eigenvalue weighted by atomic mass is 10.1. The van der Waals surface area contributed by atoms with Crippen molar-refractivity contribution in [3.8, 4) is 11.8 Å². The lowest BCUT2D eigenvalue weighted by Gasteiger charge is -2.20. The first-order valence-electron chi connectivity index (χ1n) is 6.20. The van der Waals surface area contributed by atoms with Crippen molar-refractivity contribution in [2.45, 2.75) is 13.0 Å². The van der Waals surface area contributed by atoms with Gasteiger partial charge in [0.1, 0.15) is 5.75 Å². The Morgan fingerprint density at radius 2 is 2.28 bits per heavy atom. The second-order valence-electron chi connectivity index (χ2n) is 4.38. The molecular formula is C14H18N2O2. The van der Waals surface area contributed by atoms with Gasteiger partial charge in [0.25, 0.3) is 0 Å². The van der Waals surface area contributed by atoms with Gasteiger partial charge < -0.3 is 9.47 Å². The molecule has 0 radical (unpaired) electrons. The van der Waals surface area contributed by atoms with E-state index in [1.54, 1.807) is 13.2 Å². The highest BCUT2D eigenvalue weighted by Gasteiger charge is 2.12. The molecule has 0 aliphatic carbocycles. The Morgan fingerprint density at radius 3 is 3.06 bits per heavy atom.